The Bertz CT molecular complexity index is 464. The maximum Gasteiger partial charge on any atom is 0.345 e. The average molecular weight is 282 g/mol. The van der Waals surface area contributed by atoms with Gasteiger partial charge in [-0.25, -0.2) is 4.79 Å². The van der Waals surface area contributed by atoms with Gasteiger partial charge in [0.05, 0.1) is 0 Å². The third-order valence-corrected chi connectivity index (χ3v) is 4.64. The topological polar surface area (TPSA) is 92.4 Å². The second-order valence-corrected chi connectivity index (χ2v) is 6.07. The Hall–Kier alpha value is -1.40. The van der Waals surface area contributed by atoms with Gasteiger partial charge in [0.25, 0.3) is 0 Å². The molecule has 0 radical (unpaired) electrons. The number of hydrogen-bond acceptors (Lipinski definition) is 4. The molecule has 2 rings (SSSR count). The summed E-state index contributed by atoms with van der Waals surface area (Å²) >= 11 is 1.30. The van der Waals surface area contributed by atoms with E-state index in [1.165, 1.54) is 11.3 Å². The number of thiophene rings is 1. The number of hydrogen-bond donors (Lipinski definition) is 3. The van der Waals surface area contributed by atoms with Gasteiger partial charge >= 0.3 is 5.97 Å². The van der Waals surface area contributed by atoms with Gasteiger partial charge in [0.15, 0.2) is 0 Å². The van der Waals surface area contributed by atoms with E-state index in [-0.39, 0.29) is 11.8 Å². The molecule has 1 heterocycles. The van der Waals surface area contributed by atoms with Crippen molar-refractivity contribution >= 4 is 23.2 Å². The maximum atomic E-state index is 11.1. The quantitative estimate of drug-likeness (QED) is 0.764. The molecule has 5 nitrogen and oxygen atoms in total. The summed E-state index contributed by atoms with van der Waals surface area (Å²) in [4.78, 5) is 23.2. The Morgan fingerprint density at radius 2 is 2.00 bits per heavy atom. The molecule has 0 spiro atoms. The van der Waals surface area contributed by atoms with Gasteiger partial charge in [-0.2, -0.15) is 0 Å². The second kappa shape index (κ2) is 6.16. The summed E-state index contributed by atoms with van der Waals surface area (Å²) in [5.74, 6) is -1.04. The highest BCUT2D eigenvalue weighted by molar-refractivity contribution is 7.13. The van der Waals surface area contributed by atoms with Crippen molar-refractivity contribution in [3.05, 3.63) is 21.9 Å². The van der Waals surface area contributed by atoms with Crippen LogP contribution in [-0.4, -0.2) is 23.0 Å². The summed E-state index contributed by atoms with van der Waals surface area (Å²) in [6, 6.07) is 3.87. The van der Waals surface area contributed by atoms with Crippen LogP contribution < -0.4 is 11.1 Å². The summed E-state index contributed by atoms with van der Waals surface area (Å²) in [7, 11) is 0. The first-order valence-electron chi connectivity index (χ1n) is 6.41. The fourth-order valence-corrected chi connectivity index (χ4v) is 3.21. The van der Waals surface area contributed by atoms with Gasteiger partial charge < -0.3 is 16.2 Å². The Labute approximate surface area is 115 Å². The number of rotatable bonds is 5. The maximum absolute atomic E-state index is 11.1. The van der Waals surface area contributed by atoms with E-state index in [1.54, 1.807) is 6.07 Å². The number of amides is 1. The number of carboxylic acid groups (broad SMARTS) is 1. The molecule has 0 atom stereocenters. The van der Waals surface area contributed by atoms with Crippen LogP contribution in [0.15, 0.2) is 12.1 Å². The van der Waals surface area contributed by atoms with E-state index >= 15 is 0 Å². The van der Waals surface area contributed by atoms with Gasteiger partial charge in [-0.1, -0.05) is 0 Å². The number of nitrogens with two attached hydrogens (primary N) is 1. The van der Waals surface area contributed by atoms with E-state index in [2.05, 4.69) is 5.32 Å². The summed E-state index contributed by atoms with van der Waals surface area (Å²) < 4.78 is 0. The van der Waals surface area contributed by atoms with Gasteiger partial charge in [0.1, 0.15) is 4.88 Å². The van der Waals surface area contributed by atoms with E-state index in [0.717, 1.165) is 30.6 Å². The molecule has 1 aliphatic carbocycles. The molecule has 0 saturated heterocycles. The highest BCUT2D eigenvalue weighted by Crippen LogP contribution is 2.24. The van der Waals surface area contributed by atoms with Crippen molar-refractivity contribution < 1.29 is 14.7 Å². The fourth-order valence-electron chi connectivity index (χ4n) is 2.41. The van der Waals surface area contributed by atoms with Crippen molar-refractivity contribution in [2.45, 2.75) is 38.3 Å². The molecule has 104 valence electrons. The predicted octanol–water partition coefficient (Wildman–Crippen LogP) is 1.58. The summed E-state index contributed by atoms with van der Waals surface area (Å²) in [6.07, 6.45) is 3.59. The van der Waals surface area contributed by atoms with Gasteiger partial charge in [-0.05, 0) is 37.8 Å². The monoisotopic (exact) mass is 282 g/mol. The normalized spacial score (nSPS) is 23.2. The zero-order valence-corrected chi connectivity index (χ0v) is 11.4. The van der Waals surface area contributed by atoms with Crippen LogP contribution in [0.1, 0.15) is 40.2 Å². The van der Waals surface area contributed by atoms with Crippen LogP contribution in [0.3, 0.4) is 0 Å². The van der Waals surface area contributed by atoms with Gasteiger partial charge in [-0.3, -0.25) is 4.79 Å². The Balaban J connectivity index is 1.77. The van der Waals surface area contributed by atoms with E-state index in [9.17, 15) is 9.59 Å². The smallest absolute Gasteiger partial charge is 0.345 e. The highest BCUT2D eigenvalue weighted by Gasteiger charge is 2.24. The third-order valence-electron chi connectivity index (χ3n) is 3.57. The van der Waals surface area contributed by atoms with Crippen LogP contribution in [0.5, 0.6) is 0 Å². The Kier molecular flexibility index (Phi) is 4.55. The van der Waals surface area contributed by atoms with E-state index in [4.69, 9.17) is 10.8 Å². The molecule has 0 bridgehead atoms. The van der Waals surface area contributed by atoms with Gasteiger partial charge in [-0.15, -0.1) is 11.3 Å². The Morgan fingerprint density at radius 3 is 2.53 bits per heavy atom. The minimum Gasteiger partial charge on any atom is -0.477 e. The lowest BCUT2D eigenvalue weighted by atomic mass is 9.85. The predicted molar refractivity (Wildman–Crippen MR) is 73.1 cm³/mol. The van der Waals surface area contributed by atoms with Crippen molar-refractivity contribution in [2.75, 3.05) is 0 Å². The number of carbonyl (C=O) groups is 2. The summed E-state index contributed by atoms with van der Waals surface area (Å²) in [5.41, 5.74) is 5.30. The largest absolute Gasteiger partial charge is 0.477 e. The van der Waals surface area contributed by atoms with Crippen molar-refractivity contribution in [1.29, 1.82) is 0 Å². The zero-order valence-electron chi connectivity index (χ0n) is 10.6. The number of carbonyl (C=O) groups excluding carboxylic acids is 1. The van der Waals surface area contributed by atoms with Crippen LogP contribution in [0.25, 0.3) is 0 Å². The number of aromatic carboxylic acids is 1. The van der Waals surface area contributed by atoms with Crippen molar-refractivity contribution in [3.8, 4) is 0 Å². The van der Waals surface area contributed by atoms with Crippen molar-refractivity contribution in [3.63, 3.8) is 0 Å². The molecule has 19 heavy (non-hydrogen) atoms. The standard InChI is InChI=1S/C13H18N2O3S/c14-12(16)8-1-3-9(4-2-8)15-7-10-5-6-11(19-10)13(17)18/h5-6,8-9,15H,1-4,7H2,(H2,14,16)(H,17,18). The first-order valence-corrected chi connectivity index (χ1v) is 7.22. The molecule has 1 amide bonds. The van der Waals surface area contributed by atoms with Crippen molar-refractivity contribution in [1.82, 2.24) is 5.32 Å². The molecule has 0 unspecified atom stereocenters. The van der Waals surface area contributed by atoms with Crippen LogP contribution in [-0.2, 0) is 11.3 Å². The molecule has 6 heteroatoms. The summed E-state index contributed by atoms with van der Waals surface area (Å²) in [6.45, 7) is 0.684. The molecule has 1 aliphatic rings. The lowest BCUT2D eigenvalue weighted by Gasteiger charge is -2.27. The third kappa shape index (κ3) is 3.78. The minimum atomic E-state index is -0.877. The molecule has 1 aromatic rings. The SMILES string of the molecule is NC(=O)C1CCC(NCc2ccc(C(=O)O)s2)CC1. The minimum absolute atomic E-state index is 0.0263. The number of carboxylic acids is 1. The van der Waals surface area contributed by atoms with Crippen LogP contribution in [0.2, 0.25) is 0 Å². The van der Waals surface area contributed by atoms with E-state index < -0.39 is 5.97 Å². The first kappa shape index (κ1) is 14.0. The average Bonchev–Trinajstić information content (AvgIpc) is 2.86. The molecule has 1 saturated carbocycles. The van der Waals surface area contributed by atoms with Crippen LogP contribution in [0.4, 0.5) is 0 Å². The molecular weight excluding hydrogens is 264 g/mol. The molecule has 0 aliphatic heterocycles. The molecular formula is C13H18N2O3S. The molecule has 1 fully saturated rings. The zero-order chi connectivity index (χ0) is 13.8. The molecule has 1 aromatic heterocycles. The van der Waals surface area contributed by atoms with Gasteiger partial charge in [0.2, 0.25) is 5.91 Å². The highest BCUT2D eigenvalue weighted by atomic mass is 32.1. The van der Waals surface area contributed by atoms with Gasteiger partial charge in [0, 0.05) is 23.4 Å². The van der Waals surface area contributed by atoms with E-state index in [1.807, 2.05) is 6.07 Å². The van der Waals surface area contributed by atoms with Crippen LogP contribution in [0, 0.1) is 5.92 Å². The van der Waals surface area contributed by atoms with E-state index in [0.29, 0.717) is 17.5 Å². The lowest BCUT2D eigenvalue weighted by molar-refractivity contribution is -0.122. The summed E-state index contributed by atoms with van der Waals surface area (Å²) in [5, 5.41) is 12.3. The van der Waals surface area contributed by atoms with Crippen molar-refractivity contribution in [2.24, 2.45) is 11.7 Å². The lowest BCUT2D eigenvalue weighted by Crippen LogP contribution is -2.36. The second-order valence-electron chi connectivity index (χ2n) is 4.90. The Morgan fingerprint density at radius 1 is 1.32 bits per heavy atom. The number of primary amides is 1. The first-order chi connectivity index (χ1) is 9.06. The number of nitrogens with one attached hydrogen (secondary N) is 1. The van der Waals surface area contributed by atoms with Crippen LogP contribution >= 0.6 is 11.3 Å². The fraction of sp³-hybridized carbons (Fsp3) is 0.538. The molecule has 4 N–H and O–H groups in total. The molecule has 0 aromatic carbocycles.